The van der Waals surface area contributed by atoms with Gasteiger partial charge >= 0.3 is 0 Å². The first kappa shape index (κ1) is 9.81. The third kappa shape index (κ3) is 8.82. The molecule has 0 aromatic rings. The van der Waals surface area contributed by atoms with Crippen molar-refractivity contribution in [3.63, 3.8) is 0 Å². The summed E-state index contributed by atoms with van der Waals surface area (Å²) in [6, 6.07) is 0. The zero-order valence-electron chi connectivity index (χ0n) is 3.94. The molecule has 0 rings (SSSR count). The van der Waals surface area contributed by atoms with Gasteiger partial charge in [-0.3, -0.25) is 0 Å². The molecule has 1 nitrogen and oxygen atoms in total. The van der Waals surface area contributed by atoms with Gasteiger partial charge in [-0.25, -0.2) is 0 Å². The van der Waals surface area contributed by atoms with Crippen LogP contribution in [0.5, 0.6) is 0 Å². The molecule has 6 heavy (non-hydrogen) atoms. The molecule has 0 aliphatic heterocycles. The van der Waals surface area contributed by atoms with Crippen molar-refractivity contribution in [3.05, 3.63) is 12.3 Å². The number of hydrogen-bond donors (Lipinski definition) is 1. The summed E-state index contributed by atoms with van der Waals surface area (Å²) in [6.45, 7) is 5.08. The SMILES string of the molecule is C=C(O)CC.[Y]. The van der Waals surface area contributed by atoms with E-state index in [9.17, 15) is 0 Å². The summed E-state index contributed by atoms with van der Waals surface area (Å²) in [7, 11) is 0. The Hall–Kier alpha value is 0.644. The van der Waals surface area contributed by atoms with E-state index in [4.69, 9.17) is 5.11 Å². The molecule has 0 fully saturated rings. The second-order valence-electron chi connectivity index (χ2n) is 0.920. The van der Waals surface area contributed by atoms with E-state index in [-0.39, 0.29) is 38.5 Å². The number of aliphatic hydroxyl groups is 1. The van der Waals surface area contributed by atoms with Gasteiger partial charge in [-0.1, -0.05) is 13.5 Å². The number of hydrogen-bond acceptors (Lipinski definition) is 1. The zero-order chi connectivity index (χ0) is 4.28. The van der Waals surface area contributed by atoms with Crippen molar-refractivity contribution in [2.45, 2.75) is 13.3 Å². The number of rotatable bonds is 1. The van der Waals surface area contributed by atoms with Crippen molar-refractivity contribution in [1.29, 1.82) is 0 Å². The van der Waals surface area contributed by atoms with Gasteiger partial charge in [0, 0.05) is 39.1 Å². The van der Waals surface area contributed by atoms with E-state index in [0.29, 0.717) is 6.42 Å². The molecule has 0 saturated heterocycles. The van der Waals surface area contributed by atoms with E-state index in [2.05, 4.69) is 6.58 Å². The third-order valence-electron chi connectivity index (χ3n) is 0.408. The second kappa shape index (κ2) is 5.64. The van der Waals surface area contributed by atoms with Crippen LogP contribution in [-0.2, 0) is 32.7 Å². The largest absolute Gasteiger partial charge is 0.513 e. The molecule has 0 aliphatic rings. The summed E-state index contributed by atoms with van der Waals surface area (Å²) >= 11 is 0. The molecule has 1 N–H and O–H groups in total. The van der Waals surface area contributed by atoms with Crippen LogP contribution in [0.3, 0.4) is 0 Å². The van der Waals surface area contributed by atoms with Crippen molar-refractivity contribution in [2.75, 3.05) is 0 Å². The Labute approximate surface area is 63.3 Å². The predicted molar refractivity (Wildman–Crippen MR) is 22.1 cm³/mol. The molecule has 0 aromatic carbocycles. The summed E-state index contributed by atoms with van der Waals surface area (Å²) in [4.78, 5) is 0. The maximum absolute atomic E-state index is 8.17. The molecule has 0 amide bonds. The Morgan fingerprint density at radius 1 is 1.83 bits per heavy atom. The minimum absolute atomic E-state index is 0. The minimum Gasteiger partial charge on any atom is -0.513 e. The maximum atomic E-state index is 8.17. The molecule has 1 radical (unpaired) electrons. The van der Waals surface area contributed by atoms with Gasteiger partial charge in [-0.2, -0.15) is 0 Å². The van der Waals surface area contributed by atoms with Crippen LogP contribution in [0.1, 0.15) is 13.3 Å². The molecular weight excluding hydrogens is 153 g/mol. The van der Waals surface area contributed by atoms with E-state index < -0.39 is 0 Å². The van der Waals surface area contributed by atoms with E-state index >= 15 is 0 Å². The van der Waals surface area contributed by atoms with Crippen molar-refractivity contribution in [1.82, 2.24) is 0 Å². The third-order valence-corrected chi connectivity index (χ3v) is 0.408. The number of allylic oxidation sites excluding steroid dienone is 1. The van der Waals surface area contributed by atoms with E-state index in [1.807, 2.05) is 6.92 Å². The molecule has 0 aliphatic carbocycles. The first-order valence-corrected chi connectivity index (χ1v) is 1.64. The van der Waals surface area contributed by atoms with E-state index in [1.165, 1.54) is 0 Å². The van der Waals surface area contributed by atoms with Gasteiger partial charge in [0.1, 0.15) is 0 Å². The summed E-state index contributed by atoms with van der Waals surface area (Å²) in [5, 5.41) is 8.17. The monoisotopic (exact) mass is 161 g/mol. The van der Waals surface area contributed by atoms with Crippen LogP contribution < -0.4 is 0 Å². The van der Waals surface area contributed by atoms with Gasteiger partial charge in [0.15, 0.2) is 0 Å². The van der Waals surface area contributed by atoms with Crippen molar-refractivity contribution < 1.29 is 37.8 Å². The van der Waals surface area contributed by atoms with E-state index in [1.54, 1.807) is 0 Å². The number of aliphatic hydroxyl groups excluding tert-OH is 1. The molecule has 2 heteroatoms. The average Bonchev–Trinajstić information content (AvgIpc) is 1.38. The molecule has 0 unspecified atom stereocenters. The quantitative estimate of drug-likeness (QED) is 0.577. The summed E-state index contributed by atoms with van der Waals surface area (Å²) in [5.74, 6) is 0.255. The van der Waals surface area contributed by atoms with E-state index in [0.717, 1.165) is 0 Å². The first-order chi connectivity index (χ1) is 2.27. The molecule has 0 heterocycles. The molecule has 0 spiro atoms. The molecule has 0 atom stereocenters. The normalized spacial score (nSPS) is 6.17. The standard InChI is InChI=1S/C4H8O.Y/c1-3-4(2)5;/h5H,2-3H2,1H3;. The van der Waals surface area contributed by atoms with Gasteiger partial charge in [-0.05, 0) is 0 Å². The van der Waals surface area contributed by atoms with Gasteiger partial charge in [0.05, 0.1) is 5.76 Å². The van der Waals surface area contributed by atoms with Crippen molar-refractivity contribution >= 4 is 0 Å². The fraction of sp³-hybridized carbons (Fsp3) is 0.500. The van der Waals surface area contributed by atoms with Gasteiger partial charge in [0.25, 0.3) is 0 Å². The van der Waals surface area contributed by atoms with Gasteiger partial charge < -0.3 is 5.11 Å². The van der Waals surface area contributed by atoms with Gasteiger partial charge in [-0.15, -0.1) is 0 Å². The van der Waals surface area contributed by atoms with Crippen LogP contribution in [0, 0.1) is 0 Å². The zero-order valence-corrected chi connectivity index (χ0v) is 6.78. The predicted octanol–water partition coefficient (Wildman–Crippen LogP) is 1.47. The van der Waals surface area contributed by atoms with Crippen LogP contribution in [-0.4, -0.2) is 5.11 Å². The van der Waals surface area contributed by atoms with Crippen LogP contribution in [0.25, 0.3) is 0 Å². The Morgan fingerprint density at radius 3 is 2.00 bits per heavy atom. The maximum Gasteiger partial charge on any atom is 0.0848 e. The second-order valence-corrected chi connectivity index (χ2v) is 0.920. The van der Waals surface area contributed by atoms with Crippen LogP contribution in [0.15, 0.2) is 12.3 Å². The van der Waals surface area contributed by atoms with Crippen molar-refractivity contribution in [2.24, 2.45) is 0 Å². The van der Waals surface area contributed by atoms with Crippen LogP contribution in [0.4, 0.5) is 0 Å². The van der Waals surface area contributed by atoms with Crippen LogP contribution in [0.2, 0.25) is 0 Å². The Balaban J connectivity index is 0. The summed E-state index contributed by atoms with van der Waals surface area (Å²) in [6.07, 6.45) is 0.667. The Morgan fingerprint density at radius 2 is 2.00 bits per heavy atom. The Bertz CT molecular complexity index is 42.8. The first-order valence-electron chi connectivity index (χ1n) is 1.64. The molecule has 0 aromatic heterocycles. The molecule has 0 bridgehead atoms. The molecule has 33 valence electrons. The Kier molecular flexibility index (Phi) is 9.23. The molecule has 0 saturated carbocycles. The fourth-order valence-corrected chi connectivity index (χ4v) is 0. The van der Waals surface area contributed by atoms with Crippen LogP contribution >= 0.6 is 0 Å². The molecular formula is C4H8OY. The fourth-order valence-electron chi connectivity index (χ4n) is 0. The summed E-state index contributed by atoms with van der Waals surface area (Å²) < 4.78 is 0. The average molecular weight is 161 g/mol. The van der Waals surface area contributed by atoms with Gasteiger partial charge in [0.2, 0.25) is 0 Å². The minimum atomic E-state index is 0. The smallest absolute Gasteiger partial charge is 0.0848 e. The topological polar surface area (TPSA) is 20.2 Å². The summed E-state index contributed by atoms with van der Waals surface area (Å²) in [5.41, 5.74) is 0. The van der Waals surface area contributed by atoms with Crippen molar-refractivity contribution in [3.8, 4) is 0 Å².